The Labute approximate surface area is 182 Å². The normalized spacial score (nSPS) is 14.9. The van der Waals surface area contributed by atoms with Crippen LogP contribution in [0.15, 0.2) is 23.1 Å². The second-order valence-corrected chi connectivity index (χ2v) is 10.7. The molecule has 1 aliphatic rings. The van der Waals surface area contributed by atoms with Gasteiger partial charge >= 0.3 is 6.16 Å². The number of hydroxylamine groups is 2. The van der Waals surface area contributed by atoms with Crippen molar-refractivity contribution >= 4 is 55.8 Å². The largest absolute Gasteiger partial charge is 0.528 e. The van der Waals surface area contributed by atoms with Crippen LogP contribution in [0.5, 0.6) is 0 Å². The molecule has 0 amide bonds. The van der Waals surface area contributed by atoms with Gasteiger partial charge in [0.25, 0.3) is 10.0 Å². The second kappa shape index (κ2) is 8.27. The van der Waals surface area contributed by atoms with Crippen LogP contribution in [-0.4, -0.2) is 36.8 Å². The fraction of sp³-hybridized carbons (Fsp3) is 0.412. The van der Waals surface area contributed by atoms with E-state index in [1.165, 1.54) is 23.3 Å². The van der Waals surface area contributed by atoms with E-state index in [1.807, 2.05) is 0 Å². The average molecular weight is 480 g/mol. The number of rotatable bonds is 4. The van der Waals surface area contributed by atoms with E-state index < -0.39 is 21.8 Å². The van der Waals surface area contributed by atoms with Crippen LogP contribution in [0.2, 0.25) is 10.0 Å². The zero-order valence-electron chi connectivity index (χ0n) is 15.9. The highest BCUT2D eigenvalue weighted by Gasteiger charge is 2.28. The highest BCUT2D eigenvalue weighted by Crippen LogP contribution is 2.33. The fourth-order valence-electron chi connectivity index (χ4n) is 2.53. The van der Waals surface area contributed by atoms with E-state index in [9.17, 15) is 13.2 Å². The summed E-state index contributed by atoms with van der Waals surface area (Å²) in [4.78, 5) is 22.0. The molecule has 0 aliphatic carbocycles. The molecule has 0 saturated carbocycles. The van der Waals surface area contributed by atoms with Crippen molar-refractivity contribution in [3.05, 3.63) is 38.8 Å². The maximum atomic E-state index is 12.6. The molecular weight excluding hydrogens is 461 g/mol. The summed E-state index contributed by atoms with van der Waals surface area (Å²) >= 11 is 13.1. The Kier molecular flexibility index (Phi) is 6.30. The number of thiazole rings is 1. The van der Waals surface area contributed by atoms with Crippen molar-refractivity contribution in [2.75, 3.05) is 11.3 Å². The molecule has 12 heteroatoms. The molecular formula is C17H19Cl2N3O5S2. The molecule has 1 aliphatic heterocycles. The minimum Gasteiger partial charge on any atom is -0.427 e. The molecule has 2 aromatic rings. The maximum Gasteiger partial charge on any atom is 0.528 e. The predicted octanol–water partition coefficient (Wildman–Crippen LogP) is 4.48. The number of nitrogens with zero attached hydrogens (tertiary/aromatic N) is 2. The number of nitrogens with one attached hydrogen (secondary N) is 1. The first-order valence-electron chi connectivity index (χ1n) is 8.56. The molecule has 0 atom stereocenters. The predicted molar refractivity (Wildman–Crippen MR) is 111 cm³/mol. The van der Waals surface area contributed by atoms with E-state index in [-0.39, 0.29) is 26.6 Å². The summed E-state index contributed by atoms with van der Waals surface area (Å²) in [6, 6.07) is 4.37. The summed E-state index contributed by atoms with van der Waals surface area (Å²) in [5.41, 5.74) is 0.0872. The van der Waals surface area contributed by atoms with Crippen LogP contribution < -0.4 is 4.72 Å². The van der Waals surface area contributed by atoms with Crippen LogP contribution >= 0.6 is 34.5 Å². The number of anilines is 1. The van der Waals surface area contributed by atoms with Gasteiger partial charge in [0.05, 0.1) is 22.3 Å². The van der Waals surface area contributed by atoms with Gasteiger partial charge in [-0.25, -0.2) is 18.2 Å². The molecule has 8 nitrogen and oxygen atoms in total. The molecule has 0 fully saturated rings. The third-order valence-corrected chi connectivity index (χ3v) is 7.16. The number of ether oxygens (including phenoxy) is 1. The zero-order valence-corrected chi connectivity index (χ0v) is 19.0. The minimum atomic E-state index is -3.96. The van der Waals surface area contributed by atoms with E-state index in [1.54, 1.807) is 20.8 Å². The van der Waals surface area contributed by atoms with Crippen molar-refractivity contribution in [2.45, 2.75) is 44.2 Å². The molecule has 158 valence electrons. The summed E-state index contributed by atoms with van der Waals surface area (Å²) in [6.07, 6.45) is -0.295. The van der Waals surface area contributed by atoms with E-state index in [0.29, 0.717) is 13.0 Å². The van der Waals surface area contributed by atoms with Gasteiger partial charge in [0.2, 0.25) is 0 Å². The smallest absolute Gasteiger partial charge is 0.427 e. The quantitative estimate of drug-likeness (QED) is 0.645. The van der Waals surface area contributed by atoms with Crippen molar-refractivity contribution in [1.29, 1.82) is 0 Å². The Hall–Kier alpha value is -1.59. The summed E-state index contributed by atoms with van der Waals surface area (Å²) in [7, 11) is -3.96. The van der Waals surface area contributed by atoms with Gasteiger partial charge in [0.15, 0.2) is 5.13 Å². The molecule has 0 saturated heterocycles. The third-order valence-electron chi connectivity index (χ3n) is 3.72. The highest BCUT2D eigenvalue weighted by molar-refractivity contribution is 7.93. The van der Waals surface area contributed by atoms with E-state index in [2.05, 4.69) is 9.71 Å². The van der Waals surface area contributed by atoms with Gasteiger partial charge in [0.1, 0.15) is 10.5 Å². The molecule has 0 bridgehead atoms. The third kappa shape index (κ3) is 5.52. The molecule has 3 rings (SSSR count). The summed E-state index contributed by atoms with van der Waals surface area (Å²) in [6.45, 7) is 5.94. The number of benzene rings is 1. The first-order valence-corrected chi connectivity index (χ1v) is 11.6. The van der Waals surface area contributed by atoms with E-state index in [0.717, 1.165) is 21.9 Å². The second-order valence-electron chi connectivity index (χ2n) is 7.22. The van der Waals surface area contributed by atoms with E-state index >= 15 is 0 Å². The van der Waals surface area contributed by atoms with Crippen molar-refractivity contribution in [2.24, 2.45) is 0 Å². The number of carbonyl (C=O) groups excluding carboxylic acids is 1. The summed E-state index contributed by atoms with van der Waals surface area (Å²) in [5, 5.41) is 1.74. The van der Waals surface area contributed by atoms with Gasteiger partial charge < -0.3 is 9.57 Å². The van der Waals surface area contributed by atoms with Gasteiger partial charge in [0, 0.05) is 17.8 Å². The summed E-state index contributed by atoms with van der Waals surface area (Å²) in [5.74, 6) is 0. The number of hydrogen-bond donors (Lipinski definition) is 1. The van der Waals surface area contributed by atoms with Gasteiger partial charge in [-0.15, -0.1) is 5.06 Å². The van der Waals surface area contributed by atoms with Crippen LogP contribution in [-0.2, 0) is 32.6 Å². The Morgan fingerprint density at radius 3 is 2.72 bits per heavy atom. The number of aromatic nitrogens is 1. The van der Waals surface area contributed by atoms with E-state index in [4.69, 9.17) is 32.8 Å². The molecule has 2 heterocycles. The number of carbonyl (C=O) groups is 1. The highest BCUT2D eigenvalue weighted by atomic mass is 35.5. The molecule has 0 spiro atoms. The molecule has 29 heavy (non-hydrogen) atoms. The van der Waals surface area contributed by atoms with Gasteiger partial charge in [-0.3, -0.25) is 4.72 Å². The lowest BCUT2D eigenvalue weighted by Crippen LogP contribution is -2.35. The topological polar surface area (TPSA) is 97.8 Å². The van der Waals surface area contributed by atoms with Crippen molar-refractivity contribution in [1.82, 2.24) is 10.0 Å². The fourth-order valence-corrected chi connectivity index (χ4v) is 5.54. The molecule has 0 radical (unpaired) electrons. The Balaban J connectivity index is 1.71. The molecule has 1 aromatic heterocycles. The van der Waals surface area contributed by atoms with Crippen molar-refractivity contribution in [3.63, 3.8) is 0 Å². The number of sulfonamides is 1. The Morgan fingerprint density at radius 2 is 2.03 bits per heavy atom. The first-order chi connectivity index (χ1) is 13.4. The molecule has 1 N–H and O–H groups in total. The number of fused-ring (bicyclic) bond motifs is 1. The molecule has 1 aromatic carbocycles. The molecule has 0 unspecified atom stereocenters. The van der Waals surface area contributed by atoms with Crippen molar-refractivity contribution in [3.8, 4) is 0 Å². The van der Waals surface area contributed by atoms with Gasteiger partial charge in [-0.1, -0.05) is 40.6 Å². The minimum absolute atomic E-state index is 0.0556. The number of hydrogen-bond acceptors (Lipinski definition) is 8. The number of halogens is 2. The first kappa shape index (κ1) is 22.1. The standard InChI is InChI=1S/C17H19Cl2N3O5S2/c1-17(2,3)26-16(23)27-22-8-7-11-12(9-22)28-15(20-11)21-29(24,25)13-6-4-5-10(18)14(13)19/h4-6H,7-9H2,1-3H3,(H,20,21). The van der Waals surface area contributed by atoms with Crippen LogP contribution in [0, 0.1) is 0 Å². The Bertz CT molecular complexity index is 1030. The lowest BCUT2D eigenvalue weighted by atomic mass is 10.2. The van der Waals surface area contributed by atoms with Crippen molar-refractivity contribution < 1.29 is 22.8 Å². The lowest BCUT2D eigenvalue weighted by molar-refractivity contribution is -0.150. The van der Waals surface area contributed by atoms with Crippen LogP contribution in [0.1, 0.15) is 31.3 Å². The maximum absolute atomic E-state index is 12.6. The van der Waals surface area contributed by atoms with Crippen LogP contribution in [0.3, 0.4) is 0 Å². The Morgan fingerprint density at radius 1 is 1.31 bits per heavy atom. The van der Waals surface area contributed by atoms with Crippen LogP contribution in [0.4, 0.5) is 9.93 Å². The zero-order chi connectivity index (χ0) is 21.4. The average Bonchev–Trinajstić information content (AvgIpc) is 2.96. The van der Waals surface area contributed by atoms with Gasteiger partial charge in [-0.2, -0.15) is 0 Å². The lowest BCUT2D eigenvalue weighted by Gasteiger charge is -2.26. The summed E-state index contributed by atoms with van der Waals surface area (Å²) < 4.78 is 32.9. The monoisotopic (exact) mass is 479 g/mol. The SMILES string of the molecule is CC(C)(C)OC(=O)ON1CCc2nc(NS(=O)(=O)c3cccc(Cl)c3Cl)sc2C1. The van der Waals surface area contributed by atoms with Gasteiger partial charge in [-0.05, 0) is 32.9 Å². The van der Waals surface area contributed by atoms with Crippen LogP contribution in [0.25, 0.3) is 0 Å².